The number of phenolic OH excluding ortho intramolecular Hbond substituents is 1. The SMILES string of the molecule is CCCOc1cc(O)c(CC)cc1I. The Balaban J connectivity index is 2.90. The molecule has 0 spiro atoms. The third-order valence-electron chi connectivity index (χ3n) is 1.98. The third-order valence-corrected chi connectivity index (χ3v) is 2.82. The molecule has 14 heavy (non-hydrogen) atoms. The third kappa shape index (κ3) is 2.77. The number of ether oxygens (including phenoxy) is 1. The van der Waals surface area contributed by atoms with E-state index in [1.807, 2.05) is 13.0 Å². The molecule has 1 N–H and O–H groups in total. The zero-order valence-electron chi connectivity index (χ0n) is 8.51. The highest BCUT2D eigenvalue weighted by Gasteiger charge is 2.06. The number of halogens is 1. The fourth-order valence-electron chi connectivity index (χ4n) is 1.19. The van der Waals surface area contributed by atoms with Gasteiger partial charge in [0.25, 0.3) is 0 Å². The van der Waals surface area contributed by atoms with Gasteiger partial charge in [0.05, 0.1) is 10.2 Å². The van der Waals surface area contributed by atoms with Gasteiger partial charge in [-0.1, -0.05) is 13.8 Å². The molecule has 0 amide bonds. The molecule has 78 valence electrons. The van der Waals surface area contributed by atoms with E-state index < -0.39 is 0 Å². The molecule has 0 bridgehead atoms. The van der Waals surface area contributed by atoms with Crippen LogP contribution in [-0.4, -0.2) is 11.7 Å². The van der Waals surface area contributed by atoms with Crippen molar-refractivity contribution in [2.75, 3.05) is 6.61 Å². The lowest BCUT2D eigenvalue weighted by molar-refractivity contribution is 0.313. The van der Waals surface area contributed by atoms with Crippen molar-refractivity contribution in [3.05, 3.63) is 21.3 Å². The van der Waals surface area contributed by atoms with Crippen molar-refractivity contribution in [2.45, 2.75) is 26.7 Å². The van der Waals surface area contributed by atoms with Crippen molar-refractivity contribution < 1.29 is 9.84 Å². The minimum absolute atomic E-state index is 0.332. The van der Waals surface area contributed by atoms with Gasteiger partial charge < -0.3 is 9.84 Å². The summed E-state index contributed by atoms with van der Waals surface area (Å²) in [6.07, 6.45) is 1.82. The van der Waals surface area contributed by atoms with E-state index in [1.54, 1.807) is 6.07 Å². The molecule has 0 saturated carbocycles. The van der Waals surface area contributed by atoms with Crippen LogP contribution in [0.25, 0.3) is 0 Å². The Kier molecular flexibility index (Phi) is 4.51. The summed E-state index contributed by atoms with van der Waals surface area (Å²) >= 11 is 2.23. The number of benzene rings is 1. The van der Waals surface area contributed by atoms with Gasteiger partial charge in [0.1, 0.15) is 11.5 Å². The minimum atomic E-state index is 0.332. The second-order valence-corrected chi connectivity index (χ2v) is 4.28. The molecule has 0 aliphatic carbocycles. The van der Waals surface area contributed by atoms with Crippen molar-refractivity contribution in [1.82, 2.24) is 0 Å². The summed E-state index contributed by atoms with van der Waals surface area (Å²) in [7, 11) is 0. The molecule has 1 aromatic rings. The van der Waals surface area contributed by atoms with Crippen molar-refractivity contribution >= 4 is 22.6 Å². The number of hydrogen-bond donors (Lipinski definition) is 1. The quantitative estimate of drug-likeness (QED) is 0.865. The van der Waals surface area contributed by atoms with Crippen LogP contribution in [0.1, 0.15) is 25.8 Å². The van der Waals surface area contributed by atoms with Gasteiger partial charge in [-0.2, -0.15) is 0 Å². The minimum Gasteiger partial charge on any atom is -0.508 e. The summed E-state index contributed by atoms with van der Waals surface area (Å²) in [5.74, 6) is 1.11. The topological polar surface area (TPSA) is 29.5 Å². The Morgan fingerprint density at radius 1 is 1.36 bits per heavy atom. The fraction of sp³-hybridized carbons (Fsp3) is 0.455. The van der Waals surface area contributed by atoms with Crippen LogP contribution in [0.2, 0.25) is 0 Å². The molecule has 0 aromatic heterocycles. The molecular formula is C11H15IO2. The van der Waals surface area contributed by atoms with Crippen molar-refractivity contribution in [2.24, 2.45) is 0 Å². The highest BCUT2D eigenvalue weighted by atomic mass is 127. The number of aryl methyl sites for hydroxylation is 1. The lowest BCUT2D eigenvalue weighted by Gasteiger charge is -2.09. The predicted molar refractivity (Wildman–Crippen MR) is 66.0 cm³/mol. The normalized spacial score (nSPS) is 10.2. The first-order valence-corrected chi connectivity index (χ1v) is 5.91. The van der Waals surface area contributed by atoms with Crippen molar-refractivity contribution in [3.8, 4) is 11.5 Å². The molecule has 0 aliphatic heterocycles. The molecule has 0 unspecified atom stereocenters. The van der Waals surface area contributed by atoms with E-state index >= 15 is 0 Å². The maximum absolute atomic E-state index is 9.63. The Bertz CT molecular complexity index is 310. The summed E-state index contributed by atoms with van der Waals surface area (Å²) in [5.41, 5.74) is 0.971. The first-order valence-electron chi connectivity index (χ1n) is 4.83. The van der Waals surface area contributed by atoms with E-state index in [2.05, 4.69) is 29.5 Å². The molecule has 1 aromatic carbocycles. The Labute approximate surface area is 98.4 Å². The van der Waals surface area contributed by atoms with Gasteiger partial charge in [-0.3, -0.25) is 0 Å². The zero-order valence-corrected chi connectivity index (χ0v) is 10.7. The van der Waals surface area contributed by atoms with Crippen molar-refractivity contribution in [1.29, 1.82) is 0 Å². The first kappa shape index (κ1) is 11.6. The van der Waals surface area contributed by atoms with Crippen LogP contribution in [-0.2, 0) is 6.42 Å². The average Bonchev–Trinajstić information content (AvgIpc) is 2.18. The van der Waals surface area contributed by atoms with Gasteiger partial charge in [-0.25, -0.2) is 0 Å². The number of aromatic hydroxyl groups is 1. The van der Waals surface area contributed by atoms with E-state index in [9.17, 15) is 5.11 Å². The number of hydrogen-bond acceptors (Lipinski definition) is 2. The molecule has 0 heterocycles. The van der Waals surface area contributed by atoms with Gasteiger partial charge in [-0.15, -0.1) is 0 Å². The van der Waals surface area contributed by atoms with Crippen LogP contribution < -0.4 is 4.74 Å². The Morgan fingerprint density at radius 3 is 2.64 bits per heavy atom. The molecule has 0 atom stereocenters. The van der Waals surface area contributed by atoms with Crippen LogP contribution in [0.15, 0.2) is 12.1 Å². The molecule has 3 heteroatoms. The second-order valence-electron chi connectivity index (χ2n) is 3.11. The average molecular weight is 306 g/mol. The monoisotopic (exact) mass is 306 g/mol. The molecule has 0 fully saturated rings. The van der Waals surface area contributed by atoms with E-state index in [0.717, 1.165) is 27.7 Å². The molecule has 0 saturated heterocycles. The summed E-state index contributed by atoms with van der Waals surface area (Å²) in [5, 5.41) is 9.63. The van der Waals surface area contributed by atoms with E-state index in [4.69, 9.17) is 4.74 Å². The standard InChI is InChI=1S/C11H15IO2/c1-3-5-14-11-7-10(13)8(4-2)6-9(11)12/h6-7,13H,3-5H2,1-2H3. The smallest absolute Gasteiger partial charge is 0.136 e. The summed E-state index contributed by atoms with van der Waals surface area (Å²) in [6.45, 7) is 4.78. The van der Waals surface area contributed by atoms with E-state index in [-0.39, 0.29) is 0 Å². The van der Waals surface area contributed by atoms with Crippen LogP contribution >= 0.6 is 22.6 Å². The van der Waals surface area contributed by atoms with E-state index in [1.165, 1.54) is 0 Å². The second kappa shape index (κ2) is 5.44. The molecule has 0 radical (unpaired) electrons. The first-order chi connectivity index (χ1) is 6.69. The molecule has 0 aliphatic rings. The molecule has 1 rings (SSSR count). The Morgan fingerprint density at radius 2 is 2.07 bits per heavy atom. The lowest BCUT2D eigenvalue weighted by Crippen LogP contribution is -1.97. The maximum Gasteiger partial charge on any atom is 0.136 e. The summed E-state index contributed by atoms with van der Waals surface area (Å²) in [4.78, 5) is 0. The van der Waals surface area contributed by atoms with Crippen molar-refractivity contribution in [3.63, 3.8) is 0 Å². The van der Waals surface area contributed by atoms with Gasteiger partial charge >= 0.3 is 0 Å². The van der Waals surface area contributed by atoms with Crippen LogP contribution in [0.3, 0.4) is 0 Å². The highest BCUT2D eigenvalue weighted by Crippen LogP contribution is 2.29. The van der Waals surface area contributed by atoms with Crippen LogP contribution in [0.5, 0.6) is 11.5 Å². The summed E-state index contributed by atoms with van der Waals surface area (Å²) in [6, 6.07) is 3.68. The van der Waals surface area contributed by atoms with E-state index in [0.29, 0.717) is 12.4 Å². The lowest BCUT2D eigenvalue weighted by atomic mass is 10.1. The highest BCUT2D eigenvalue weighted by molar-refractivity contribution is 14.1. The maximum atomic E-state index is 9.63. The largest absolute Gasteiger partial charge is 0.508 e. The van der Waals surface area contributed by atoms with Crippen LogP contribution in [0.4, 0.5) is 0 Å². The number of phenols is 1. The van der Waals surface area contributed by atoms with Gasteiger partial charge in [-0.05, 0) is 47.1 Å². The molecular weight excluding hydrogens is 291 g/mol. The van der Waals surface area contributed by atoms with Gasteiger partial charge in [0, 0.05) is 6.07 Å². The van der Waals surface area contributed by atoms with Crippen LogP contribution in [0, 0.1) is 3.57 Å². The van der Waals surface area contributed by atoms with Gasteiger partial charge in [0.15, 0.2) is 0 Å². The zero-order chi connectivity index (χ0) is 10.6. The van der Waals surface area contributed by atoms with Gasteiger partial charge in [0.2, 0.25) is 0 Å². The number of rotatable bonds is 4. The fourth-order valence-corrected chi connectivity index (χ4v) is 1.88. The Hall–Kier alpha value is -0.450. The summed E-state index contributed by atoms with van der Waals surface area (Å²) < 4.78 is 6.56. The predicted octanol–water partition coefficient (Wildman–Crippen LogP) is 3.35. The molecule has 2 nitrogen and oxygen atoms in total.